The second-order valence-electron chi connectivity index (χ2n) is 5.54. The SMILES string of the molecule is Cc1cc(-c2nc(C)cs2)nc(C2CCCCN2C)n1. The van der Waals surface area contributed by atoms with Crippen molar-refractivity contribution in [2.75, 3.05) is 13.6 Å². The highest BCUT2D eigenvalue weighted by Crippen LogP contribution is 2.29. The van der Waals surface area contributed by atoms with E-state index in [1.807, 2.05) is 19.9 Å². The summed E-state index contributed by atoms with van der Waals surface area (Å²) in [7, 11) is 2.17. The van der Waals surface area contributed by atoms with E-state index in [0.29, 0.717) is 6.04 Å². The molecule has 0 N–H and O–H groups in total. The van der Waals surface area contributed by atoms with Gasteiger partial charge in [-0.25, -0.2) is 15.0 Å². The Morgan fingerprint density at radius 1 is 1.15 bits per heavy atom. The van der Waals surface area contributed by atoms with Gasteiger partial charge in [0, 0.05) is 16.8 Å². The van der Waals surface area contributed by atoms with Crippen LogP contribution in [0.25, 0.3) is 10.7 Å². The quantitative estimate of drug-likeness (QED) is 0.849. The highest BCUT2D eigenvalue weighted by molar-refractivity contribution is 7.13. The Labute approximate surface area is 123 Å². The molecule has 0 aromatic carbocycles. The number of nitrogens with zero attached hydrogens (tertiary/aromatic N) is 4. The first kappa shape index (κ1) is 13.6. The first-order valence-corrected chi connectivity index (χ1v) is 8.00. The molecule has 3 heterocycles. The van der Waals surface area contributed by atoms with Crippen LogP contribution in [0.5, 0.6) is 0 Å². The fourth-order valence-corrected chi connectivity index (χ4v) is 3.48. The molecular weight excluding hydrogens is 268 g/mol. The smallest absolute Gasteiger partial charge is 0.146 e. The van der Waals surface area contributed by atoms with Crippen molar-refractivity contribution >= 4 is 11.3 Å². The van der Waals surface area contributed by atoms with E-state index in [9.17, 15) is 0 Å². The van der Waals surface area contributed by atoms with Crippen molar-refractivity contribution in [3.63, 3.8) is 0 Å². The van der Waals surface area contributed by atoms with Crippen LogP contribution in [0.1, 0.15) is 42.5 Å². The summed E-state index contributed by atoms with van der Waals surface area (Å²) < 4.78 is 0. The highest BCUT2D eigenvalue weighted by atomic mass is 32.1. The summed E-state index contributed by atoms with van der Waals surface area (Å²) in [6.45, 7) is 5.19. The van der Waals surface area contributed by atoms with Gasteiger partial charge in [0.25, 0.3) is 0 Å². The van der Waals surface area contributed by atoms with E-state index in [2.05, 4.69) is 27.3 Å². The van der Waals surface area contributed by atoms with Crippen molar-refractivity contribution in [2.45, 2.75) is 39.2 Å². The van der Waals surface area contributed by atoms with Crippen LogP contribution in [-0.2, 0) is 0 Å². The molecule has 1 aliphatic heterocycles. The third-order valence-electron chi connectivity index (χ3n) is 3.78. The molecule has 0 radical (unpaired) electrons. The molecule has 1 saturated heterocycles. The summed E-state index contributed by atoms with van der Waals surface area (Å²) in [4.78, 5) is 16.4. The lowest BCUT2D eigenvalue weighted by atomic mass is 10.0. The van der Waals surface area contributed by atoms with Gasteiger partial charge in [0.15, 0.2) is 0 Å². The van der Waals surface area contributed by atoms with Crippen molar-refractivity contribution in [3.8, 4) is 10.7 Å². The number of hydrogen-bond donors (Lipinski definition) is 0. The Morgan fingerprint density at radius 2 is 2.00 bits per heavy atom. The normalized spacial score (nSPS) is 20.2. The average Bonchev–Trinajstić information content (AvgIpc) is 2.85. The fraction of sp³-hybridized carbons (Fsp3) is 0.533. The molecule has 0 saturated carbocycles. The average molecular weight is 288 g/mol. The third kappa shape index (κ3) is 2.74. The van der Waals surface area contributed by atoms with Gasteiger partial charge in [0.2, 0.25) is 0 Å². The van der Waals surface area contributed by atoms with Crippen molar-refractivity contribution < 1.29 is 0 Å². The molecule has 1 fully saturated rings. The molecule has 1 atom stereocenters. The van der Waals surface area contributed by atoms with Crippen LogP contribution in [0.3, 0.4) is 0 Å². The maximum Gasteiger partial charge on any atom is 0.146 e. The zero-order valence-electron chi connectivity index (χ0n) is 12.3. The molecule has 20 heavy (non-hydrogen) atoms. The number of aryl methyl sites for hydroxylation is 2. The predicted molar refractivity (Wildman–Crippen MR) is 81.8 cm³/mol. The minimum atomic E-state index is 0.350. The largest absolute Gasteiger partial charge is 0.296 e. The van der Waals surface area contributed by atoms with Crippen LogP contribution in [0, 0.1) is 13.8 Å². The second kappa shape index (κ2) is 5.58. The summed E-state index contributed by atoms with van der Waals surface area (Å²) in [6, 6.07) is 2.38. The number of aromatic nitrogens is 3. The van der Waals surface area contributed by atoms with E-state index in [0.717, 1.165) is 40.9 Å². The van der Waals surface area contributed by atoms with E-state index in [1.165, 1.54) is 12.8 Å². The van der Waals surface area contributed by atoms with Gasteiger partial charge in [-0.15, -0.1) is 11.3 Å². The Kier molecular flexibility index (Phi) is 3.81. The first-order chi connectivity index (χ1) is 9.63. The van der Waals surface area contributed by atoms with Crippen molar-refractivity contribution in [3.05, 3.63) is 28.7 Å². The highest BCUT2D eigenvalue weighted by Gasteiger charge is 2.24. The van der Waals surface area contributed by atoms with Crippen LogP contribution in [-0.4, -0.2) is 33.4 Å². The van der Waals surface area contributed by atoms with E-state index in [-0.39, 0.29) is 0 Å². The maximum atomic E-state index is 4.79. The lowest BCUT2D eigenvalue weighted by molar-refractivity contribution is 0.179. The monoisotopic (exact) mass is 288 g/mol. The number of rotatable bonds is 2. The Balaban J connectivity index is 1.98. The zero-order valence-corrected chi connectivity index (χ0v) is 13.1. The molecule has 1 aliphatic rings. The summed E-state index contributed by atoms with van der Waals surface area (Å²) in [5.74, 6) is 0.954. The molecule has 1 unspecified atom stereocenters. The summed E-state index contributed by atoms with van der Waals surface area (Å²) in [5.41, 5.74) is 3.04. The molecular formula is C15H20N4S. The van der Waals surface area contributed by atoms with E-state index < -0.39 is 0 Å². The maximum absolute atomic E-state index is 4.79. The Bertz CT molecular complexity index is 608. The molecule has 0 bridgehead atoms. The Morgan fingerprint density at radius 3 is 2.70 bits per heavy atom. The molecule has 5 heteroatoms. The van der Waals surface area contributed by atoms with Gasteiger partial charge >= 0.3 is 0 Å². The number of piperidine rings is 1. The summed E-state index contributed by atoms with van der Waals surface area (Å²) in [6.07, 6.45) is 3.69. The molecule has 2 aromatic rings. The first-order valence-electron chi connectivity index (χ1n) is 7.12. The summed E-state index contributed by atoms with van der Waals surface area (Å²) in [5, 5.41) is 3.06. The topological polar surface area (TPSA) is 41.9 Å². The number of hydrogen-bond acceptors (Lipinski definition) is 5. The van der Waals surface area contributed by atoms with Gasteiger partial charge in [-0.3, -0.25) is 4.90 Å². The van der Waals surface area contributed by atoms with Crippen LogP contribution in [0.15, 0.2) is 11.4 Å². The van der Waals surface area contributed by atoms with E-state index in [1.54, 1.807) is 11.3 Å². The van der Waals surface area contributed by atoms with Gasteiger partial charge in [-0.1, -0.05) is 6.42 Å². The van der Waals surface area contributed by atoms with Crippen molar-refractivity contribution in [1.82, 2.24) is 19.9 Å². The van der Waals surface area contributed by atoms with Crippen molar-refractivity contribution in [2.24, 2.45) is 0 Å². The Hall–Kier alpha value is -1.33. The van der Waals surface area contributed by atoms with Gasteiger partial charge in [0.05, 0.1) is 6.04 Å². The van der Waals surface area contributed by atoms with Gasteiger partial charge < -0.3 is 0 Å². The van der Waals surface area contributed by atoms with Crippen molar-refractivity contribution in [1.29, 1.82) is 0 Å². The molecule has 2 aromatic heterocycles. The lowest BCUT2D eigenvalue weighted by Crippen LogP contribution is -2.31. The fourth-order valence-electron chi connectivity index (χ4n) is 2.72. The van der Waals surface area contributed by atoms with E-state index in [4.69, 9.17) is 4.98 Å². The van der Waals surface area contributed by atoms with E-state index >= 15 is 0 Å². The zero-order chi connectivity index (χ0) is 14.1. The predicted octanol–water partition coefficient (Wildman–Crippen LogP) is 3.37. The summed E-state index contributed by atoms with van der Waals surface area (Å²) >= 11 is 1.65. The van der Waals surface area contributed by atoms with Crippen LogP contribution in [0.2, 0.25) is 0 Å². The van der Waals surface area contributed by atoms with Crippen LogP contribution >= 0.6 is 11.3 Å². The molecule has 106 valence electrons. The van der Waals surface area contributed by atoms with Crippen LogP contribution < -0.4 is 0 Å². The molecule has 0 aliphatic carbocycles. The van der Waals surface area contributed by atoms with Gasteiger partial charge in [-0.05, 0) is 46.3 Å². The van der Waals surface area contributed by atoms with Gasteiger partial charge in [0.1, 0.15) is 16.5 Å². The molecule has 4 nitrogen and oxygen atoms in total. The lowest BCUT2D eigenvalue weighted by Gasteiger charge is -2.31. The molecule has 3 rings (SSSR count). The number of likely N-dealkylation sites (tertiary alicyclic amines) is 1. The standard InChI is InChI=1S/C15H20N4S/c1-10-8-12(15-17-11(2)9-20-15)18-14(16-10)13-6-4-5-7-19(13)3/h8-9,13H,4-7H2,1-3H3. The minimum Gasteiger partial charge on any atom is -0.296 e. The molecule has 0 amide bonds. The van der Waals surface area contributed by atoms with Gasteiger partial charge in [-0.2, -0.15) is 0 Å². The molecule has 0 spiro atoms. The van der Waals surface area contributed by atoms with Crippen LogP contribution in [0.4, 0.5) is 0 Å². The number of thiazole rings is 1. The second-order valence-corrected chi connectivity index (χ2v) is 6.40. The minimum absolute atomic E-state index is 0.350. The third-order valence-corrected chi connectivity index (χ3v) is 4.76.